The largest absolute Gasteiger partial charge is 0.378 e. The topological polar surface area (TPSA) is 72.3 Å². The first-order valence-corrected chi connectivity index (χ1v) is 10.6. The second-order valence-corrected chi connectivity index (χ2v) is 8.21. The third-order valence-corrected chi connectivity index (χ3v) is 6.43. The summed E-state index contributed by atoms with van der Waals surface area (Å²) in [6, 6.07) is 6.19. The minimum atomic E-state index is -0.288. The van der Waals surface area contributed by atoms with Crippen LogP contribution in [-0.2, 0) is 11.3 Å². The van der Waals surface area contributed by atoms with E-state index >= 15 is 0 Å². The number of aryl methyl sites for hydroxylation is 2. The van der Waals surface area contributed by atoms with Gasteiger partial charge >= 0.3 is 0 Å². The van der Waals surface area contributed by atoms with Crippen LogP contribution >= 0.6 is 11.3 Å². The van der Waals surface area contributed by atoms with Crippen molar-refractivity contribution in [3.05, 3.63) is 57.6 Å². The van der Waals surface area contributed by atoms with Crippen LogP contribution in [0.15, 0.2) is 24.3 Å². The van der Waals surface area contributed by atoms with Crippen molar-refractivity contribution < 1.29 is 13.9 Å². The summed E-state index contributed by atoms with van der Waals surface area (Å²) in [5, 5.41) is 8.42. The highest BCUT2D eigenvalue weighted by Gasteiger charge is 2.21. The number of amides is 1. The average Bonchev–Trinajstić information content (AvgIpc) is 3.27. The predicted molar refractivity (Wildman–Crippen MR) is 114 cm³/mol. The summed E-state index contributed by atoms with van der Waals surface area (Å²) in [5.74, 6) is -0.429. The van der Waals surface area contributed by atoms with Crippen molar-refractivity contribution in [3.63, 3.8) is 0 Å². The fourth-order valence-corrected chi connectivity index (χ4v) is 4.53. The first kappa shape index (κ1) is 20.5. The number of anilines is 1. The van der Waals surface area contributed by atoms with Crippen LogP contribution < -0.4 is 10.2 Å². The molecule has 0 unspecified atom stereocenters. The standard InChI is InChI=1S/C21H24FN5O2S/c1-13-18(15(3)27(25-13)17-6-4-16(22)5-7-17)12-23-20(28)19-14(2)24-21(30-19)26-8-10-29-11-9-26/h4-7H,8-12H2,1-3H3,(H,23,28). The van der Waals surface area contributed by atoms with E-state index in [4.69, 9.17) is 4.74 Å². The van der Waals surface area contributed by atoms with Crippen molar-refractivity contribution in [2.24, 2.45) is 0 Å². The number of aromatic nitrogens is 3. The first-order valence-electron chi connectivity index (χ1n) is 9.83. The van der Waals surface area contributed by atoms with Crippen molar-refractivity contribution >= 4 is 22.4 Å². The molecule has 1 aliphatic heterocycles. The van der Waals surface area contributed by atoms with Gasteiger partial charge in [0, 0.05) is 30.9 Å². The lowest BCUT2D eigenvalue weighted by molar-refractivity contribution is 0.0954. The van der Waals surface area contributed by atoms with Crippen LogP contribution in [0.2, 0.25) is 0 Å². The number of hydrogen-bond donors (Lipinski definition) is 1. The van der Waals surface area contributed by atoms with Crippen molar-refractivity contribution in [3.8, 4) is 5.69 Å². The molecule has 1 saturated heterocycles. The smallest absolute Gasteiger partial charge is 0.263 e. The molecule has 9 heteroatoms. The number of hydrogen-bond acceptors (Lipinski definition) is 6. The number of halogens is 1. The van der Waals surface area contributed by atoms with E-state index in [-0.39, 0.29) is 11.7 Å². The second-order valence-electron chi connectivity index (χ2n) is 7.23. The van der Waals surface area contributed by atoms with Gasteiger partial charge in [-0.1, -0.05) is 11.3 Å². The summed E-state index contributed by atoms with van der Waals surface area (Å²) < 4.78 is 20.4. The van der Waals surface area contributed by atoms with E-state index in [0.29, 0.717) is 24.6 Å². The summed E-state index contributed by atoms with van der Waals surface area (Å²) in [5.41, 5.74) is 4.20. The summed E-state index contributed by atoms with van der Waals surface area (Å²) in [6.45, 7) is 9.00. The van der Waals surface area contributed by atoms with Gasteiger partial charge in [0.1, 0.15) is 10.7 Å². The lowest BCUT2D eigenvalue weighted by Crippen LogP contribution is -2.36. The Hall–Kier alpha value is -2.78. The average molecular weight is 430 g/mol. The number of rotatable bonds is 5. The highest BCUT2D eigenvalue weighted by molar-refractivity contribution is 7.17. The third kappa shape index (κ3) is 4.08. The van der Waals surface area contributed by atoms with Crippen LogP contribution in [0.4, 0.5) is 9.52 Å². The molecule has 158 valence electrons. The zero-order chi connectivity index (χ0) is 21.3. The van der Waals surface area contributed by atoms with E-state index in [1.54, 1.807) is 16.8 Å². The van der Waals surface area contributed by atoms with Crippen LogP contribution in [0, 0.1) is 26.6 Å². The van der Waals surface area contributed by atoms with E-state index in [1.807, 2.05) is 20.8 Å². The van der Waals surface area contributed by atoms with Crippen LogP contribution in [0.5, 0.6) is 0 Å². The summed E-state index contributed by atoms with van der Waals surface area (Å²) >= 11 is 1.41. The Morgan fingerprint density at radius 1 is 1.17 bits per heavy atom. The summed E-state index contributed by atoms with van der Waals surface area (Å²) in [6.07, 6.45) is 0. The highest BCUT2D eigenvalue weighted by Crippen LogP contribution is 2.27. The summed E-state index contributed by atoms with van der Waals surface area (Å²) in [7, 11) is 0. The number of nitrogens with zero attached hydrogens (tertiary/aromatic N) is 4. The van der Waals surface area contributed by atoms with Gasteiger partial charge in [0.05, 0.1) is 30.3 Å². The molecule has 0 spiro atoms. The minimum absolute atomic E-state index is 0.141. The van der Waals surface area contributed by atoms with Gasteiger partial charge in [-0.05, 0) is 45.0 Å². The van der Waals surface area contributed by atoms with Crippen molar-refractivity contribution in [2.75, 3.05) is 31.2 Å². The number of ether oxygens (including phenoxy) is 1. The lowest BCUT2D eigenvalue weighted by atomic mass is 10.2. The molecule has 3 heterocycles. The van der Waals surface area contributed by atoms with E-state index in [0.717, 1.165) is 46.6 Å². The number of carbonyl (C=O) groups is 1. The normalized spacial score (nSPS) is 14.2. The molecular weight excluding hydrogens is 405 g/mol. The Kier molecular flexibility index (Phi) is 5.83. The fourth-order valence-electron chi connectivity index (χ4n) is 3.50. The van der Waals surface area contributed by atoms with E-state index in [1.165, 1.54) is 23.5 Å². The van der Waals surface area contributed by atoms with Gasteiger partial charge in [-0.3, -0.25) is 4.79 Å². The molecule has 0 bridgehead atoms. The molecule has 0 atom stereocenters. The Bertz CT molecular complexity index is 1050. The molecule has 4 rings (SSSR count). The lowest BCUT2D eigenvalue weighted by Gasteiger charge is -2.25. The van der Waals surface area contributed by atoms with Crippen molar-refractivity contribution in [2.45, 2.75) is 27.3 Å². The van der Waals surface area contributed by atoms with Crippen LogP contribution in [0.3, 0.4) is 0 Å². The quantitative estimate of drug-likeness (QED) is 0.675. The number of morpholine rings is 1. The maximum Gasteiger partial charge on any atom is 0.263 e. The Morgan fingerprint density at radius 2 is 1.87 bits per heavy atom. The highest BCUT2D eigenvalue weighted by atomic mass is 32.1. The fraction of sp³-hybridized carbons (Fsp3) is 0.381. The van der Waals surface area contributed by atoms with E-state index in [2.05, 4.69) is 20.3 Å². The maximum absolute atomic E-state index is 13.2. The molecule has 7 nitrogen and oxygen atoms in total. The Labute approximate surface area is 178 Å². The van der Waals surface area contributed by atoms with Gasteiger partial charge in [0.2, 0.25) is 0 Å². The van der Waals surface area contributed by atoms with Gasteiger partial charge in [-0.2, -0.15) is 5.10 Å². The molecule has 1 N–H and O–H groups in total. The van der Waals surface area contributed by atoms with E-state index in [9.17, 15) is 9.18 Å². The Balaban J connectivity index is 1.48. The third-order valence-electron chi connectivity index (χ3n) is 5.21. The summed E-state index contributed by atoms with van der Waals surface area (Å²) in [4.78, 5) is 20.2. The number of thiazole rings is 1. The predicted octanol–water partition coefficient (Wildman–Crippen LogP) is 3.16. The molecule has 0 radical (unpaired) electrons. The monoisotopic (exact) mass is 429 g/mol. The van der Waals surface area contributed by atoms with Gasteiger partial charge < -0.3 is 15.0 Å². The SMILES string of the molecule is Cc1nc(N2CCOCC2)sc1C(=O)NCc1c(C)nn(-c2ccc(F)cc2)c1C. The molecule has 1 aromatic carbocycles. The molecule has 1 fully saturated rings. The van der Waals surface area contributed by atoms with E-state index < -0.39 is 0 Å². The maximum atomic E-state index is 13.2. The van der Waals surface area contributed by atoms with Gasteiger partial charge in [0.25, 0.3) is 5.91 Å². The number of carbonyl (C=O) groups excluding carboxylic acids is 1. The Morgan fingerprint density at radius 3 is 2.57 bits per heavy atom. The molecule has 0 saturated carbocycles. The van der Waals surface area contributed by atoms with Crippen molar-refractivity contribution in [1.29, 1.82) is 0 Å². The molecule has 1 aliphatic rings. The van der Waals surface area contributed by atoms with Crippen LogP contribution in [0.1, 0.15) is 32.3 Å². The molecule has 0 aliphatic carbocycles. The van der Waals surface area contributed by atoms with Crippen LogP contribution in [0.25, 0.3) is 5.69 Å². The minimum Gasteiger partial charge on any atom is -0.378 e. The number of nitrogens with one attached hydrogen (secondary N) is 1. The zero-order valence-electron chi connectivity index (χ0n) is 17.2. The molecule has 2 aromatic heterocycles. The zero-order valence-corrected chi connectivity index (χ0v) is 18.1. The number of benzene rings is 1. The molecular formula is C21H24FN5O2S. The molecule has 1 amide bonds. The molecule has 30 heavy (non-hydrogen) atoms. The van der Waals surface area contributed by atoms with Gasteiger partial charge in [0.15, 0.2) is 5.13 Å². The molecule has 3 aromatic rings. The van der Waals surface area contributed by atoms with Gasteiger partial charge in [-0.25, -0.2) is 14.1 Å². The first-order chi connectivity index (χ1) is 14.4. The van der Waals surface area contributed by atoms with Gasteiger partial charge in [-0.15, -0.1) is 0 Å². The van der Waals surface area contributed by atoms with Crippen molar-refractivity contribution in [1.82, 2.24) is 20.1 Å². The second kappa shape index (κ2) is 8.53. The van der Waals surface area contributed by atoms with Crippen LogP contribution in [-0.4, -0.2) is 47.0 Å².